The molecule has 0 amide bonds. The first-order valence-electron chi connectivity index (χ1n) is 8.56. The summed E-state index contributed by atoms with van der Waals surface area (Å²) in [5, 5.41) is 0. The maximum atomic E-state index is 13.2. The minimum Gasteiger partial charge on any atom is -0.207 e. The zero-order valence-electron chi connectivity index (χ0n) is 14.5. The van der Waals surface area contributed by atoms with Gasteiger partial charge in [-0.15, -0.1) is 0 Å². The second-order valence-electron chi connectivity index (χ2n) is 7.07. The number of sulfonamides is 1. The predicted molar refractivity (Wildman–Crippen MR) is 97.4 cm³/mol. The van der Waals surface area contributed by atoms with E-state index in [0.717, 1.165) is 17.5 Å². The molecule has 0 saturated carbocycles. The van der Waals surface area contributed by atoms with Crippen LogP contribution in [0.4, 0.5) is 0 Å². The van der Waals surface area contributed by atoms with Crippen molar-refractivity contribution in [3.8, 4) is 0 Å². The van der Waals surface area contributed by atoms with Crippen molar-refractivity contribution in [1.29, 1.82) is 0 Å². The van der Waals surface area contributed by atoms with Gasteiger partial charge < -0.3 is 0 Å². The lowest BCUT2D eigenvalue weighted by Gasteiger charge is -2.24. The van der Waals surface area contributed by atoms with Crippen molar-refractivity contribution < 1.29 is 8.42 Å². The average molecular weight is 343 g/mol. The van der Waals surface area contributed by atoms with Crippen molar-refractivity contribution in [2.75, 3.05) is 6.54 Å². The van der Waals surface area contributed by atoms with E-state index in [4.69, 9.17) is 0 Å². The van der Waals surface area contributed by atoms with Crippen LogP contribution in [0.1, 0.15) is 50.3 Å². The standard InChI is InChI=1S/C20H25NO2S/c1-15(2)17-9-11-19(12-10-17)24(22,23)21-14-16(3)13-20(21)18-7-5-4-6-8-18/h4-12,15-16,20H,13-14H2,1-3H3. The number of nitrogens with zero attached hydrogens (tertiary/aromatic N) is 1. The molecular formula is C20H25NO2S. The van der Waals surface area contributed by atoms with Crippen LogP contribution in [0, 0.1) is 5.92 Å². The summed E-state index contributed by atoms with van der Waals surface area (Å²) in [6, 6.07) is 17.2. The Morgan fingerprint density at radius 3 is 2.21 bits per heavy atom. The highest BCUT2D eigenvalue weighted by molar-refractivity contribution is 7.89. The van der Waals surface area contributed by atoms with Crippen LogP contribution >= 0.6 is 0 Å². The van der Waals surface area contributed by atoms with Crippen LogP contribution in [0.2, 0.25) is 0 Å². The van der Waals surface area contributed by atoms with Gasteiger partial charge in [-0.1, -0.05) is 63.2 Å². The molecule has 0 aromatic heterocycles. The van der Waals surface area contributed by atoms with E-state index in [0.29, 0.717) is 23.3 Å². The van der Waals surface area contributed by atoms with Crippen molar-refractivity contribution in [1.82, 2.24) is 4.31 Å². The van der Waals surface area contributed by atoms with Gasteiger partial charge in [0.25, 0.3) is 0 Å². The van der Waals surface area contributed by atoms with E-state index >= 15 is 0 Å². The third-order valence-electron chi connectivity index (χ3n) is 4.80. The van der Waals surface area contributed by atoms with Crippen LogP contribution in [0.25, 0.3) is 0 Å². The van der Waals surface area contributed by atoms with Crippen LogP contribution in [-0.4, -0.2) is 19.3 Å². The van der Waals surface area contributed by atoms with Gasteiger partial charge in [0, 0.05) is 6.54 Å². The van der Waals surface area contributed by atoms with Gasteiger partial charge in [-0.2, -0.15) is 4.31 Å². The summed E-state index contributed by atoms with van der Waals surface area (Å²) in [4.78, 5) is 0.391. The molecule has 3 nitrogen and oxygen atoms in total. The lowest BCUT2D eigenvalue weighted by atomic mass is 10.0. The molecule has 1 aliphatic rings. The van der Waals surface area contributed by atoms with Crippen molar-refractivity contribution in [2.24, 2.45) is 5.92 Å². The van der Waals surface area contributed by atoms with Crippen LogP contribution in [0.15, 0.2) is 59.5 Å². The summed E-state index contributed by atoms with van der Waals surface area (Å²) >= 11 is 0. The molecule has 1 heterocycles. The predicted octanol–water partition coefficient (Wildman–Crippen LogP) is 4.58. The Bertz CT molecular complexity index is 782. The summed E-state index contributed by atoms with van der Waals surface area (Å²) in [6.07, 6.45) is 0.868. The fraction of sp³-hybridized carbons (Fsp3) is 0.400. The monoisotopic (exact) mass is 343 g/mol. The molecule has 24 heavy (non-hydrogen) atoms. The summed E-state index contributed by atoms with van der Waals surface area (Å²) in [6.45, 7) is 6.91. The van der Waals surface area contributed by atoms with Gasteiger partial charge in [0.05, 0.1) is 10.9 Å². The van der Waals surface area contributed by atoms with E-state index in [2.05, 4.69) is 20.8 Å². The van der Waals surface area contributed by atoms with Gasteiger partial charge in [-0.25, -0.2) is 8.42 Å². The molecule has 1 aliphatic heterocycles. The molecule has 3 rings (SSSR count). The largest absolute Gasteiger partial charge is 0.243 e. The normalized spacial score (nSPS) is 22.2. The lowest BCUT2D eigenvalue weighted by Crippen LogP contribution is -2.31. The minimum absolute atomic E-state index is 0.0732. The minimum atomic E-state index is -3.48. The molecule has 128 valence electrons. The van der Waals surface area contributed by atoms with E-state index in [1.165, 1.54) is 0 Å². The topological polar surface area (TPSA) is 37.4 Å². The molecule has 2 aromatic carbocycles. The highest BCUT2D eigenvalue weighted by Crippen LogP contribution is 2.39. The van der Waals surface area contributed by atoms with E-state index in [1.54, 1.807) is 16.4 Å². The van der Waals surface area contributed by atoms with E-state index in [9.17, 15) is 8.42 Å². The summed E-state index contributed by atoms with van der Waals surface area (Å²) < 4.78 is 28.0. The molecule has 2 atom stereocenters. The van der Waals surface area contributed by atoms with Crippen LogP contribution in [0.3, 0.4) is 0 Å². The molecule has 1 saturated heterocycles. The Morgan fingerprint density at radius 2 is 1.62 bits per heavy atom. The van der Waals surface area contributed by atoms with Crippen molar-refractivity contribution in [2.45, 2.75) is 44.0 Å². The molecule has 0 N–H and O–H groups in total. The third kappa shape index (κ3) is 3.26. The highest BCUT2D eigenvalue weighted by Gasteiger charge is 2.39. The maximum Gasteiger partial charge on any atom is 0.243 e. The summed E-state index contributed by atoms with van der Waals surface area (Å²) in [7, 11) is -3.48. The molecule has 0 aliphatic carbocycles. The van der Waals surface area contributed by atoms with Crippen LogP contribution in [0.5, 0.6) is 0 Å². The summed E-state index contributed by atoms with van der Waals surface area (Å²) in [5.41, 5.74) is 2.23. The Hall–Kier alpha value is -1.65. The van der Waals surface area contributed by atoms with Gasteiger partial charge in [-0.05, 0) is 41.5 Å². The molecule has 0 spiro atoms. The van der Waals surface area contributed by atoms with E-state index in [-0.39, 0.29) is 6.04 Å². The first-order valence-corrected chi connectivity index (χ1v) is 10.0. The molecule has 2 aromatic rings. The number of benzene rings is 2. The zero-order valence-corrected chi connectivity index (χ0v) is 15.3. The lowest BCUT2D eigenvalue weighted by molar-refractivity contribution is 0.394. The van der Waals surface area contributed by atoms with Gasteiger partial charge in [-0.3, -0.25) is 0 Å². The Kier molecular flexibility index (Phi) is 4.79. The molecule has 4 heteroatoms. The maximum absolute atomic E-state index is 13.2. The number of rotatable bonds is 4. The number of hydrogen-bond acceptors (Lipinski definition) is 2. The van der Waals surface area contributed by atoms with E-state index < -0.39 is 10.0 Å². The molecule has 2 unspecified atom stereocenters. The van der Waals surface area contributed by atoms with Crippen molar-refractivity contribution in [3.05, 3.63) is 65.7 Å². The van der Waals surface area contributed by atoms with Gasteiger partial charge in [0.15, 0.2) is 0 Å². The van der Waals surface area contributed by atoms with Gasteiger partial charge in [0.2, 0.25) is 10.0 Å². The average Bonchev–Trinajstić information content (AvgIpc) is 2.98. The molecule has 1 fully saturated rings. The Balaban J connectivity index is 1.95. The quantitative estimate of drug-likeness (QED) is 0.815. The fourth-order valence-electron chi connectivity index (χ4n) is 3.41. The first kappa shape index (κ1) is 17.2. The smallest absolute Gasteiger partial charge is 0.207 e. The second-order valence-corrected chi connectivity index (χ2v) is 8.96. The van der Waals surface area contributed by atoms with Crippen LogP contribution in [-0.2, 0) is 10.0 Å². The van der Waals surface area contributed by atoms with Gasteiger partial charge in [0.1, 0.15) is 0 Å². The van der Waals surface area contributed by atoms with Crippen LogP contribution < -0.4 is 0 Å². The summed E-state index contributed by atoms with van der Waals surface area (Å²) in [5.74, 6) is 0.755. The van der Waals surface area contributed by atoms with Gasteiger partial charge >= 0.3 is 0 Å². The third-order valence-corrected chi connectivity index (χ3v) is 6.69. The van der Waals surface area contributed by atoms with Crippen molar-refractivity contribution in [3.63, 3.8) is 0 Å². The molecule has 0 bridgehead atoms. The zero-order chi connectivity index (χ0) is 17.3. The molecule has 0 radical (unpaired) electrons. The SMILES string of the molecule is CC1CC(c2ccccc2)N(S(=O)(=O)c2ccc(C(C)C)cc2)C1. The highest BCUT2D eigenvalue weighted by atomic mass is 32.2. The Labute approximate surface area is 145 Å². The second kappa shape index (κ2) is 6.69. The fourth-order valence-corrected chi connectivity index (χ4v) is 5.16. The van der Waals surface area contributed by atoms with E-state index in [1.807, 2.05) is 42.5 Å². The molecular weight excluding hydrogens is 318 g/mol. The van der Waals surface area contributed by atoms with Crippen molar-refractivity contribution >= 4 is 10.0 Å². The Morgan fingerprint density at radius 1 is 1.00 bits per heavy atom. The first-order chi connectivity index (χ1) is 11.4. The number of hydrogen-bond donors (Lipinski definition) is 0.